The van der Waals surface area contributed by atoms with E-state index in [-0.39, 0.29) is 0 Å². The van der Waals surface area contributed by atoms with Gasteiger partial charge in [-0.2, -0.15) is 0 Å². The van der Waals surface area contributed by atoms with Crippen molar-refractivity contribution in [1.82, 2.24) is 0 Å². The van der Waals surface area contributed by atoms with Crippen LogP contribution >= 0.6 is 11.3 Å². The maximum absolute atomic E-state index is 8.49. The van der Waals surface area contributed by atoms with Gasteiger partial charge in [0.1, 0.15) is 11.2 Å². The molecule has 0 amide bonds. The molecule has 0 atom stereocenters. The van der Waals surface area contributed by atoms with Gasteiger partial charge in [-0.15, -0.1) is 11.3 Å². The molecule has 12 rings (SSSR count). The van der Waals surface area contributed by atoms with Crippen LogP contribution in [0.3, 0.4) is 0 Å². The van der Waals surface area contributed by atoms with Crippen LogP contribution in [0.25, 0.3) is 53.2 Å². The number of thiophene rings is 1. The average Bonchev–Trinajstić information content (AvgIpc) is 3.95. The second kappa shape index (κ2) is 16.4. The Bertz CT molecular complexity index is 3630. The van der Waals surface area contributed by atoms with Gasteiger partial charge in [0.25, 0.3) is 0 Å². The lowest BCUT2D eigenvalue weighted by Gasteiger charge is -2.30. The smallest absolute Gasteiger partial charge is 0.139 e. The van der Waals surface area contributed by atoms with Gasteiger partial charge in [0, 0.05) is 61.0 Å². The number of benzene rings is 10. The molecule has 12 aromatic rings. The monoisotopic (exact) mass is 852 g/mol. The minimum Gasteiger partial charge on any atom is -0.456 e. The van der Waals surface area contributed by atoms with Crippen molar-refractivity contribution in [3.8, 4) is 11.1 Å². The zero-order valence-corrected chi connectivity index (χ0v) is 36.1. The number of anilines is 9. The molecule has 0 aliphatic rings. The van der Waals surface area contributed by atoms with Crippen LogP contribution in [-0.2, 0) is 0 Å². The maximum Gasteiger partial charge on any atom is 0.139 e. The lowest BCUT2D eigenvalue weighted by molar-refractivity contribution is 0.669. The topological polar surface area (TPSA) is 22.9 Å². The summed E-state index contributed by atoms with van der Waals surface area (Å²) in [6.45, 7) is 0. The van der Waals surface area contributed by atoms with E-state index in [4.69, 9.17) is 5.79 Å². The molecule has 2 aromatic heterocycles. The van der Waals surface area contributed by atoms with E-state index >= 15 is 0 Å². The van der Waals surface area contributed by atoms with Crippen LogP contribution in [0, 0.1) is 0 Å². The van der Waals surface area contributed by atoms with Gasteiger partial charge in [0.05, 0.1) is 28.5 Å². The fraction of sp³-hybridized carbons (Fsp3) is 0. The number of hydrogen-bond donors (Lipinski definition) is 0. The first-order valence-electron chi connectivity index (χ1n) is 22.3. The highest BCUT2D eigenvalue weighted by Crippen LogP contribution is 2.51. The Hall–Kier alpha value is -8.38. The lowest BCUT2D eigenvalue weighted by atomic mass is 10.0. The molecule has 0 N–H and O–H groups in total. The Kier molecular flexibility index (Phi) is 9.38. The fourth-order valence-electron chi connectivity index (χ4n) is 9.23. The van der Waals surface area contributed by atoms with Gasteiger partial charge in [-0.1, -0.05) is 146 Å². The molecular formula is C60H41N3OS. The molecule has 0 unspecified atom stereocenters. The van der Waals surface area contributed by atoms with Gasteiger partial charge < -0.3 is 19.1 Å². The van der Waals surface area contributed by atoms with Crippen LogP contribution in [0.1, 0.15) is 1.37 Å². The van der Waals surface area contributed by atoms with Crippen LogP contribution < -0.4 is 14.7 Å². The highest BCUT2D eigenvalue weighted by molar-refractivity contribution is 7.26. The normalized spacial score (nSPS) is 11.6. The summed E-state index contributed by atoms with van der Waals surface area (Å²) in [4.78, 5) is 7.00. The highest BCUT2D eigenvalue weighted by Gasteiger charge is 2.26. The molecule has 2 heterocycles. The number of furan rings is 1. The van der Waals surface area contributed by atoms with Gasteiger partial charge in [0.2, 0.25) is 0 Å². The summed E-state index contributed by atoms with van der Waals surface area (Å²) >= 11 is 1.80. The van der Waals surface area contributed by atoms with Gasteiger partial charge in [0.15, 0.2) is 0 Å². The van der Waals surface area contributed by atoms with Crippen LogP contribution in [0.4, 0.5) is 51.2 Å². The molecule has 308 valence electrons. The Labute approximate surface area is 383 Å². The minimum atomic E-state index is 0.455. The van der Waals surface area contributed by atoms with Crippen molar-refractivity contribution in [2.45, 2.75) is 0 Å². The van der Waals surface area contributed by atoms with Gasteiger partial charge in [-0.3, -0.25) is 0 Å². The number of nitrogens with zero attached hydrogens (tertiary/aromatic N) is 3. The van der Waals surface area contributed by atoms with E-state index in [1.165, 1.54) is 20.2 Å². The minimum absolute atomic E-state index is 0.455. The van der Waals surface area contributed by atoms with Gasteiger partial charge >= 0.3 is 0 Å². The molecule has 0 aliphatic carbocycles. The van der Waals surface area contributed by atoms with E-state index in [1.54, 1.807) is 11.3 Å². The van der Waals surface area contributed by atoms with Crippen molar-refractivity contribution >= 4 is 105 Å². The van der Waals surface area contributed by atoms with E-state index in [0.717, 1.165) is 84.3 Å². The van der Waals surface area contributed by atoms with E-state index in [0.29, 0.717) is 6.04 Å². The average molecular weight is 853 g/mol. The maximum atomic E-state index is 8.49. The number of para-hydroxylation sites is 4. The first kappa shape index (κ1) is 37.2. The first-order valence-corrected chi connectivity index (χ1v) is 22.6. The molecule has 10 aromatic carbocycles. The summed E-state index contributed by atoms with van der Waals surface area (Å²) in [5.41, 5.74) is 12.9. The Morgan fingerprint density at radius 2 is 0.877 bits per heavy atom. The predicted octanol–water partition coefficient (Wildman–Crippen LogP) is 18.0. The van der Waals surface area contributed by atoms with Crippen LogP contribution in [0.15, 0.2) is 253 Å². The second-order valence-electron chi connectivity index (χ2n) is 16.1. The summed E-state index contributed by atoms with van der Waals surface area (Å²) in [5.74, 6) is 0. The summed E-state index contributed by atoms with van der Waals surface area (Å²) in [5, 5.41) is 4.43. The van der Waals surface area contributed by atoms with E-state index < -0.39 is 0 Å². The predicted molar refractivity (Wildman–Crippen MR) is 276 cm³/mol. The second-order valence-corrected chi connectivity index (χ2v) is 17.1. The van der Waals surface area contributed by atoms with Crippen molar-refractivity contribution in [3.05, 3.63) is 249 Å². The van der Waals surface area contributed by atoms with Crippen LogP contribution in [0.5, 0.6) is 0 Å². The van der Waals surface area contributed by atoms with Crippen molar-refractivity contribution in [2.75, 3.05) is 14.7 Å². The molecule has 0 saturated carbocycles. The van der Waals surface area contributed by atoms with Crippen molar-refractivity contribution < 1.29 is 5.79 Å². The van der Waals surface area contributed by atoms with Crippen molar-refractivity contribution in [1.29, 1.82) is 0 Å². The Morgan fingerprint density at radius 1 is 0.338 bits per heavy atom. The Balaban J connectivity index is 1.17. The Morgan fingerprint density at radius 3 is 1.58 bits per heavy atom. The molecule has 5 heteroatoms. The molecule has 0 aliphatic heterocycles. The lowest BCUT2D eigenvalue weighted by Crippen LogP contribution is -2.14. The van der Waals surface area contributed by atoms with Crippen molar-refractivity contribution in [3.63, 3.8) is 0 Å². The SMILES string of the molecule is [2H]c1ccc(N(c2cc(N(c3ccccc3)c3cccc(-c4ccccc4)c3)c3c(c2)oc2ccc(N(c4ccccc4)c4ccccc4)cc23)c2cccc3c2sc2ccccc23)cc1. The highest BCUT2D eigenvalue weighted by atomic mass is 32.1. The third-order valence-corrected chi connectivity index (χ3v) is 13.3. The van der Waals surface area contributed by atoms with E-state index in [2.05, 4.69) is 233 Å². The third-order valence-electron chi connectivity index (χ3n) is 12.1. The molecule has 4 nitrogen and oxygen atoms in total. The van der Waals surface area contributed by atoms with Crippen LogP contribution in [0.2, 0.25) is 0 Å². The fourth-order valence-corrected chi connectivity index (χ4v) is 10.4. The van der Waals surface area contributed by atoms with E-state index in [1.807, 2.05) is 24.3 Å². The quantitative estimate of drug-likeness (QED) is 0.137. The molecular weight excluding hydrogens is 811 g/mol. The standard InChI is InChI=1S/C60H41N3OS/c1-6-20-42(21-7-1)43-22-18-31-48(38-43)62(46-27-12-4-13-28-46)55-40-50(63(47-29-14-5-15-30-47)54-34-19-33-52-51-32-16-17-35-58(51)65-60(52)54)41-57-59(55)53-39-49(36-37-56(53)64-57)61(44-23-8-2-9-24-44)45-25-10-3-11-26-45/h1-41H/i5D. The summed E-state index contributed by atoms with van der Waals surface area (Å²) in [6.07, 6.45) is 0. The van der Waals surface area contributed by atoms with E-state index in [9.17, 15) is 0 Å². The molecule has 0 saturated heterocycles. The molecule has 0 spiro atoms. The number of fused-ring (bicyclic) bond motifs is 6. The largest absolute Gasteiger partial charge is 0.456 e. The summed E-state index contributed by atoms with van der Waals surface area (Å²) in [6, 6.07) is 85.6. The third kappa shape index (κ3) is 6.96. The molecule has 65 heavy (non-hydrogen) atoms. The van der Waals surface area contributed by atoms with Gasteiger partial charge in [-0.25, -0.2) is 0 Å². The molecule has 0 radical (unpaired) electrons. The summed E-state index contributed by atoms with van der Waals surface area (Å²) < 4.78 is 18.0. The first-order chi connectivity index (χ1) is 32.6. The molecule has 0 fully saturated rings. The van der Waals surface area contributed by atoms with Crippen molar-refractivity contribution in [2.24, 2.45) is 0 Å². The number of hydrogen-bond acceptors (Lipinski definition) is 5. The van der Waals surface area contributed by atoms with Crippen LogP contribution in [-0.4, -0.2) is 0 Å². The summed E-state index contributed by atoms with van der Waals surface area (Å²) in [7, 11) is 0. The zero-order chi connectivity index (χ0) is 44.0. The zero-order valence-electron chi connectivity index (χ0n) is 36.3. The van der Waals surface area contributed by atoms with Gasteiger partial charge in [-0.05, 0) is 108 Å². The number of rotatable bonds is 10. The molecule has 0 bridgehead atoms.